The fourth-order valence-corrected chi connectivity index (χ4v) is 2.88. The van der Waals surface area contributed by atoms with Crippen LogP contribution < -0.4 is 5.73 Å². The summed E-state index contributed by atoms with van der Waals surface area (Å²) in [6.07, 6.45) is 10.6. The molecule has 22 heavy (non-hydrogen) atoms. The smallest absolute Gasteiger partial charge is 0.194 e. The van der Waals surface area contributed by atoms with Gasteiger partial charge in [0.15, 0.2) is 4.96 Å². The van der Waals surface area contributed by atoms with E-state index in [2.05, 4.69) is 52.3 Å². The van der Waals surface area contributed by atoms with Crippen molar-refractivity contribution in [2.24, 2.45) is 5.73 Å². The summed E-state index contributed by atoms with van der Waals surface area (Å²) < 4.78 is 2.15. The zero-order valence-corrected chi connectivity index (χ0v) is 14.7. The van der Waals surface area contributed by atoms with E-state index in [4.69, 9.17) is 5.73 Å². The molecule has 2 rings (SSSR count). The van der Waals surface area contributed by atoms with Gasteiger partial charge in [-0.1, -0.05) is 12.2 Å². The highest BCUT2D eigenvalue weighted by Gasteiger charge is 2.12. The highest BCUT2D eigenvalue weighted by molar-refractivity contribution is 7.15. The van der Waals surface area contributed by atoms with Crippen molar-refractivity contribution in [1.82, 2.24) is 14.3 Å². The molecular weight excluding hydrogens is 292 g/mol. The quantitative estimate of drug-likeness (QED) is 0.695. The molecule has 2 heterocycles. The molecule has 0 atom stereocenters. The SMILES string of the molecule is C#CC.C/C=C(N)\C(=C/C)c1cn2c(CN(C)C)csc2n1. The third-order valence-corrected chi connectivity index (χ3v) is 3.84. The summed E-state index contributed by atoms with van der Waals surface area (Å²) in [5.41, 5.74) is 9.95. The number of rotatable bonds is 4. The largest absolute Gasteiger partial charge is 0.398 e. The van der Waals surface area contributed by atoms with Gasteiger partial charge in [-0.05, 0) is 34.9 Å². The monoisotopic (exact) mass is 316 g/mol. The summed E-state index contributed by atoms with van der Waals surface area (Å²) in [6, 6.07) is 0. The summed E-state index contributed by atoms with van der Waals surface area (Å²) in [4.78, 5) is 7.81. The molecule has 0 unspecified atom stereocenters. The minimum atomic E-state index is 0.766. The number of hydrogen-bond donors (Lipinski definition) is 1. The van der Waals surface area contributed by atoms with E-state index in [1.807, 2.05) is 26.0 Å². The van der Waals surface area contributed by atoms with Gasteiger partial charge in [0.2, 0.25) is 0 Å². The normalized spacial score (nSPS) is 12.2. The van der Waals surface area contributed by atoms with Gasteiger partial charge in [0, 0.05) is 35.1 Å². The maximum absolute atomic E-state index is 6.01. The molecule has 0 aliphatic heterocycles. The number of hydrogen-bond acceptors (Lipinski definition) is 4. The molecule has 2 aromatic rings. The lowest BCUT2D eigenvalue weighted by molar-refractivity contribution is 0.396. The lowest BCUT2D eigenvalue weighted by Gasteiger charge is -2.07. The van der Waals surface area contributed by atoms with E-state index in [-0.39, 0.29) is 0 Å². The Morgan fingerprint density at radius 3 is 2.59 bits per heavy atom. The first-order chi connectivity index (χ1) is 10.5. The third-order valence-electron chi connectivity index (χ3n) is 2.95. The first-order valence-corrected chi connectivity index (χ1v) is 7.92. The number of fused-ring (bicyclic) bond motifs is 1. The van der Waals surface area contributed by atoms with E-state index in [1.54, 1.807) is 18.3 Å². The Morgan fingerprint density at radius 1 is 1.45 bits per heavy atom. The molecule has 0 amide bonds. The molecule has 4 nitrogen and oxygen atoms in total. The molecule has 0 radical (unpaired) electrons. The van der Waals surface area contributed by atoms with Crippen molar-refractivity contribution in [2.75, 3.05) is 14.1 Å². The molecule has 0 aliphatic rings. The van der Waals surface area contributed by atoms with E-state index < -0.39 is 0 Å². The highest BCUT2D eigenvalue weighted by atomic mass is 32.1. The van der Waals surface area contributed by atoms with Gasteiger partial charge in [-0.3, -0.25) is 4.40 Å². The van der Waals surface area contributed by atoms with Crippen molar-refractivity contribution in [3.63, 3.8) is 0 Å². The summed E-state index contributed by atoms with van der Waals surface area (Å²) in [5, 5.41) is 2.15. The molecule has 0 spiro atoms. The molecule has 0 saturated carbocycles. The van der Waals surface area contributed by atoms with Crippen molar-refractivity contribution in [3.05, 3.63) is 40.8 Å². The van der Waals surface area contributed by atoms with Crippen molar-refractivity contribution < 1.29 is 0 Å². The second kappa shape index (κ2) is 8.42. The Balaban J connectivity index is 0.000000745. The Bertz CT molecular complexity index is 711. The van der Waals surface area contributed by atoms with Gasteiger partial charge in [-0.2, -0.15) is 0 Å². The average Bonchev–Trinajstić information content (AvgIpc) is 3.02. The fourth-order valence-electron chi connectivity index (χ4n) is 2.01. The van der Waals surface area contributed by atoms with Gasteiger partial charge < -0.3 is 10.6 Å². The Labute approximate surface area is 137 Å². The van der Waals surface area contributed by atoms with Crippen LogP contribution in [0.3, 0.4) is 0 Å². The summed E-state index contributed by atoms with van der Waals surface area (Å²) in [5.74, 6) is 2.25. The van der Waals surface area contributed by atoms with E-state index in [1.165, 1.54) is 5.69 Å². The summed E-state index contributed by atoms with van der Waals surface area (Å²) in [7, 11) is 4.13. The predicted octanol–water partition coefficient (Wildman–Crippen LogP) is 3.36. The van der Waals surface area contributed by atoms with Crippen LogP contribution in [0.25, 0.3) is 10.5 Å². The van der Waals surface area contributed by atoms with Crippen LogP contribution in [0.5, 0.6) is 0 Å². The maximum Gasteiger partial charge on any atom is 0.194 e. The van der Waals surface area contributed by atoms with Gasteiger partial charge >= 0.3 is 0 Å². The predicted molar refractivity (Wildman–Crippen MR) is 96.6 cm³/mol. The second-order valence-corrected chi connectivity index (χ2v) is 5.82. The summed E-state index contributed by atoms with van der Waals surface area (Å²) in [6.45, 7) is 6.48. The van der Waals surface area contributed by atoms with Gasteiger partial charge in [-0.15, -0.1) is 23.7 Å². The molecule has 118 valence electrons. The molecule has 0 bridgehead atoms. The molecular formula is C17H24N4S. The van der Waals surface area contributed by atoms with Crippen LogP contribution in [0.4, 0.5) is 0 Å². The minimum absolute atomic E-state index is 0.766. The van der Waals surface area contributed by atoms with Crippen LogP contribution >= 0.6 is 11.3 Å². The lowest BCUT2D eigenvalue weighted by Crippen LogP contribution is -2.11. The Morgan fingerprint density at radius 2 is 2.09 bits per heavy atom. The zero-order chi connectivity index (χ0) is 16.7. The van der Waals surface area contributed by atoms with E-state index in [0.717, 1.165) is 28.5 Å². The Kier molecular flexibility index (Phi) is 6.90. The number of imidazole rings is 1. The molecule has 5 heteroatoms. The average molecular weight is 316 g/mol. The van der Waals surface area contributed by atoms with Crippen LogP contribution in [0.15, 0.2) is 29.4 Å². The van der Waals surface area contributed by atoms with Crippen molar-refractivity contribution in [3.8, 4) is 12.3 Å². The minimum Gasteiger partial charge on any atom is -0.398 e. The number of allylic oxidation sites excluding steroid dienone is 3. The number of thiazole rings is 1. The fraction of sp³-hybridized carbons (Fsp3) is 0.353. The molecule has 0 aliphatic carbocycles. The molecule has 0 saturated heterocycles. The standard InChI is InChI=1S/C14H20N4S.C3H4/c1-5-11(12(15)6-2)13-8-18-10(7-17(3)4)9-19-14(18)16-13;1-3-2/h5-6,8-9H,7,15H2,1-4H3;1H,2H3/b11-5+,12-6+;. The number of nitrogens with two attached hydrogens (primary N) is 1. The molecule has 0 fully saturated rings. The van der Waals surface area contributed by atoms with Gasteiger partial charge in [0.1, 0.15) is 0 Å². The van der Waals surface area contributed by atoms with Gasteiger partial charge in [0.05, 0.1) is 5.69 Å². The van der Waals surface area contributed by atoms with E-state index >= 15 is 0 Å². The zero-order valence-electron chi connectivity index (χ0n) is 13.9. The summed E-state index contributed by atoms with van der Waals surface area (Å²) >= 11 is 1.66. The number of nitrogens with zero attached hydrogens (tertiary/aromatic N) is 3. The second-order valence-electron chi connectivity index (χ2n) is 4.98. The number of aromatic nitrogens is 2. The van der Waals surface area contributed by atoms with E-state index in [0.29, 0.717) is 0 Å². The first kappa shape index (κ1) is 18.0. The molecule has 2 aromatic heterocycles. The van der Waals surface area contributed by atoms with Crippen molar-refractivity contribution in [1.29, 1.82) is 0 Å². The molecule has 0 aromatic carbocycles. The van der Waals surface area contributed by atoms with E-state index in [9.17, 15) is 0 Å². The van der Waals surface area contributed by atoms with Crippen LogP contribution in [0.2, 0.25) is 0 Å². The maximum atomic E-state index is 6.01. The van der Waals surface area contributed by atoms with Crippen LogP contribution in [-0.4, -0.2) is 28.4 Å². The lowest BCUT2D eigenvalue weighted by atomic mass is 10.1. The van der Waals surface area contributed by atoms with Crippen molar-refractivity contribution in [2.45, 2.75) is 27.3 Å². The van der Waals surface area contributed by atoms with Crippen LogP contribution in [0.1, 0.15) is 32.2 Å². The van der Waals surface area contributed by atoms with Crippen molar-refractivity contribution >= 4 is 21.9 Å². The van der Waals surface area contributed by atoms with Gasteiger partial charge in [0.25, 0.3) is 0 Å². The topological polar surface area (TPSA) is 46.6 Å². The Hall–Kier alpha value is -2.03. The number of terminal acetylenes is 1. The first-order valence-electron chi connectivity index (χ1n) is 7.04. The molecule has 2 N–H and O–H groups in total. The van der Waals surface area contributed by atoms with Crippen LogP contribution in [-0.2, 0) is 6.54 Å². The highest BCUT2D eigenvalue weighted by Crippen LogP contribution is 2.24. The van der Waals surface area contributed by atoms with Crippen LogP contribution in [0, 0.1) is 12.3 Å². The third kappa shape index (κ3) is 4.23. The van der Waals surface area contributed by atoms with Gasteiger partial charge in [-0.25, -0.2) is 4.98 Å².